The van der Waals surface area contributed by atoms with Crippen molar-refractivity contribution in [3.8, 4) is 0 Å². The average molecular weight is 275 g/mol. The van der Waals surface area contributed by atoms with Crippen LogP contribution in [0.4, 0.5) is 4.39 Å². The second-order valence-electron chi connectivity index (χ2n) is 2.47. The van der Waals surface area contributed by atoms with Crippen LogP contribution in [0, 0.1) is 5.82 Å². The quantitative estimate of drug-likeness (QED) is 0.841. The van der Waals surface area contributed by atoms with Crippen LogP contribution < -0.4 is 5.14 Å². The summed E-state index contributed by atoms with van der Waals surface area (Å²) in [6.07, 6.45) is 0. The van der Waals surface area contributed by atoms with Gasteiger partial charge in [0, 0.05) is 5.56 Å². The highest BCUT2D eigenvalue weighted by molar-refractivity contribution is 7.84. The minimum atomic E-state index is -4.10. The van der Waals surface area contributed by atoms with E-state index in [1.807, 2.05) is 0 Å². The van der Waals surface area contributed by atoms with E-state index < -0.39 is 27.9 Å². The van der Waals surface area contributed by atoms with Crippen molar-refractivity contribution < 1.29 is 17.0 Å². The van der Waals surface area contributed by atoms with Crippen molar-refractivity contribution in [3.63, 3.8) is 0 Å². The first kappa shape index (κ1) is 12.6. The van der Waals surface area contributed by atoms with Gasteiger partial charge >= 0.3 is 10.3 Å². The molecule has 5 nitrogen and oxygen atoms in total. The first-order valence-corrected chi connectivity index (χ1v) is 5.70. The first-order chi connectivity index (χ1) is 6.79. The van der Waals surface area contributed by atoms with E-state index in [-0.39, 0.29) is 10.7 Å². The number of pyridine rings is 1. The molecule has 0 saturated heterocycles. The summed E-state index contributed by atoms with van der Waals surface area (Å²) in [4.78, 5) is 3.41. The SMILES string of the molecule is NS(=O)(=O)OCc1cc(F)c(Cl)nc1Cl. The van der Waals surface area contributed by atoms with Crippen molar-refractivity contribution in [3.05, 3.63) is 27.8 Å². The second kappa shape index (κ2) is 4.58. The van der Waals surface area contributed by atoms with Gasteiger partial charge in [-0.2, -0.15) is 8.42 Å². The van der Waals surface area contributed by atoms with E-state index in [2.05, 4.69) is 14.3 Å². The Bertz CT molecular complexity index is 480. The number of hydrogen-bond acceptors (Lipinski definition) is 4. The van der Waals surface area contributed by atoms with Crippen LogP contribution >= 0.6 is 23.2 Å². The van der Waals surface area contributed by atoms with E-state index in [0.717, 1.165) is 6.07 Å². The van der Waals surface area contributed by atoms with Crippen LogP contribution in [0.15, 0.2) is 6.07 Å². The topological polar surface area (TPSA) is 82.3 Å². The lowest BCUT2D eigenvalue weighted by Gasteiger charge is -2.04. The molecule has 0 aliphatic heterocycles. The van der Waals surface area contributed by atoms with Gasteiger partial charge in [0.05, 0.1) is 6.61 Å². The molecule has 0 amide bonds. The van der Waals surface area contributed by atoms with E-state index >= 15 is 0 Å². The summed E-state index contributed by atoms with van der Waals surface area (Å²) in [6, 6.07) is 0.919. The predicted molar refractivity (Wildman–Crippen MR) is 52.1 cm³/mol. The molecule has 0 saturated carbocycles. The summed E-state index contributed by atoms with van der Waals surface area (Å²) in [5, 5.41) is 4.02. The highest BCUT2D eigenvalue weighted by Crippen LogP contribution is 2.21. The van der Waals surface area contributed by atoms with Gasteiger partial charge in [0.2, 0.25) is 0 Å². The third-order valence-corrected chi connectivity index (χ3v) is 2.38. The van der Waals surface area contributed by atoms with Gasteiger partial charge in [-0.3, -0.25) is 4.18 Å². The minimum absolute atomic E-state index is 0.0348. The molecule has 1 aromatic heterocycles. The van der Waals surface area contributed by atoms with Gasteiger partial charge in [-0.05, 0) is 6.07 Å². The van der Waals surface area contributed by atoms with E-state index in [0.29, 0.717) is 0 Å². The normalized spacial score (nSPS) is 11.7. The Hall–Kier alpha value is -0.470. The fraction of sp³-hybridized carbons (Fsp3) is 0.167. The zero-order chi connectivity index (χ0) is 11.6. The van der Waals surface area contributed by atoms with Gasteiger partial charge in [0.1, 0.15) is 5.15 Å². The van der Waals surface area contributed by atoms with Gasteiger partial charge in [0.25, 0.3) is 0 Å². The van der Waals surface area contributed by atoms with Gasteiger partial charge in [-0.1, -0.05) is 23.2 Å². The van der Waals surface area contributed by atoms with E-state index in [1.165, 1.54) is 0 Å². The smallest absolute Gasteiger partial charge is 0.253 e. The van der Waals surface area contributed by atoms with Crippen molar-refractivity contribution in [1.82, 2.24) is 4.98 Å². The molecule has 0 aliphatic rings. The third kappa shape index (κ3) is 3.88. The maximum absolute atomic E-state index is 12.9. The minimum Gasteiger partial charge on any atom is -0.253 e. The lowest BCUT2D eigenvalue weighted by atomic mass is 10.3. The van der Waals surface area contributed by atoms with Crippen molar-refractivity contribution in [2.24, 2.45) is 5.14 Å². The highest BCUT2D eigenvalue weighted by atomic mass is 35.5. The monoisotopic (exact) mass is 274 g/mol. The van der Waals surface area contributed by atoms with Gasteiger partial charge in [0.15, 0.2) is 11.0 Å². The lowest BCUT2D eigenvalue weighted by molar-refractivity contribution is 0.307. The van der Waals surface area contributed by atoms with E-state index in [4.69, 9.17) is 23.2 Å². The zero-order valence-electron chi connectivity index (χ0n) is 7.08. The van der Waals surface area contributed by atoms with Crippen LogP contribution in [0.2, 0.25) is 10.3 Å². The Morgan fingerprint density at radius 2 is 2.07 bits per heavy atom. The Morgan fingerprint density at radius 1 is 1.47 bits per heavy atom. The standard InChI is InChI=1S/C6H5Cl2FN2O3S/c7-5-3(2-14-15(10,12)13)1-4(9)6(8)11-5/h1H,2H2,(H2,10,12,13). The average Bonchev–Trinajstić information content (AvgIpc) is 2.07. The summed E-state index contributed by atoms with van der Waals surface area (Å²) < 4.78 is 38.0. The predicted octanol–water partition coefficient (Wildman–Crippen LogP) is 1.25. The molecule has 1 rings (SSSR count). The Labute approximate surface area is 95.2 Å². The van der Waals surface area contributed by atoms with Crippen LogP contribution in [0.3, 0.4) is 0 Å². The molecule has 84 valence electrons. The summed E-state index contributed by atoms with van der Waals surface area (Å²) in [7, 11) is -4.10. The number of rotatable bonds is 3. The molecule has 0 bridgehead atoms. The fourth-order valence-corrected chi connectivity index (χ4v) is 1.40. The second-order valence-corrected chi connectivity index (χ2v) is 4.40. The molecule has 15 heavy (non-hydrogen) atoms. The van der Waals surface area contributed by atoms with Gasteiger partial charge < -0.3 is 0 Å². The van der Waals surface area contributed by atoms with Crippen LogP contribution in [0.1, 0.15) is 5.56 Å². The van der Waals surface area contributed by atoms with E-state index in [1.54, 1.807) is 0 Å². The summed E-state index contributed by atoms with van der Waals surface area (Å²) in [6.45, 7) is -0.501. The molecule has 2 N–H and O–H groups in total. The molecule has 1 aromatic rings. The van der Waals surface area contributed by atoms with Crippen molar-refractivity contribution in [2.75, 3.05) is 0 Å². The summed E-state index contributed by atoms with van der Waals surface area (Å²) >= 11 is 10.9. The number of nitrogens with two attached hydrogens (primary N) is 1. The van der Waals surface area contributed by atoms with Gasteiger partial charge in [-0.15, -0.1) is 0 Å². The third-order valence-electron chi connectivity index (χ3n) is 1.34. The molecule has 0 atom stereocenters. The van der Waals surface area contributed by atoms with Gasteiger partial charge in [-0.25, -0.2) is 14.5 Å². The Morgan fingerprint density at radius 3 is 2.60 bits per heavy atom. The first-order valence-electron chi connectivity index (χ1n) is 3.47. The van der Waals surface area contributed by atoms with Crippen molar-refractivity contribution in [2.45, 2.75) is 6.61 Å². The fourth-order valence-electron chi connectivity index (χ4n) is 0.730. The molecule has 9 heteroatoms. The number of nitrogens with zero attached hydrogens (tertiary/aromatic N) is 1. The number of hydrogen-bond donors (Lipinski definition) is 1. The molecule has 1 heterocycles. The Balaban J connectivity index is 2.91. The van der Waals surface area contributed by atoms with Crippen LogP contribution in [-0.2, 0) is 21.1 Å². The van der Waals surface area contributed by atoms with Crippen molar-refractivity contribution in [1.29, 1.82) is 0 Å². The van der Waals surface area contributed by atoms with Crippen molar-refractivity contribution >= 4 is 33.5 Å². The number of halogens is 3. The molecule has 0 aliphatic carbocycles. The highest BCUT2D eigenvalue weighted by Gasteiger charge is 2.11. The largest absolute Gasteiger partial charge is 0.333 e. The van der Waals surface area contributed by atoms with Crippen LogP contribution in [0.5, 0.6) is 0 Å². The summed E-state index contributed by atoms with van der Waals surface area (Å²) in [5.74, 6) is -0.825. The molecule has 0 radical (unpaired) electrons. The molecular formula is C6H5Cl2FN2O3S. The van der Waals surface area contributed by atoms with Crippen LogP contribution in [0.25, 0.3) is 0 Å². The zero-order valence-corrected chi connectivity index (χ0v) is 9.40. The van der Waals surface area contributed by atoms with E-state index in [9.17, 15) is 12.8 Å². The Kier molecular flexibility index (Phi) is 3.85. The molecule has 0 fully saturated rings. The molecule has 0 spiro atoms. The lowest BCUT2D eigenvalue weighted by Crippen LogP contribution is -2.15. The summed E-state index contributed by atoms with van der Waals surface area (Å²) in [5.41, 5.74) is 0.0348. The maximum Gasteiger partial charge on any atom is 0.333 e. The van der Waals surface area contributed by atoms with Crippen LogP contribution in [-0.4, -0.2) is 13.4 Å². The molecule has 0 aromatic carbocycles. The number of aromatic nitrogens is 1. The maximum atomic E-state index is 12.9. The molecule has 0 unspecified atom stereocenters. The molecular weight excluding hydrogens is 270 g/mol.